The molecule has 1 aromatic heterocycles. The molecule has 4 heteroatoms. The van der Waals surface area contributed by atoms with Crippen LogP contribution in [-0.4, -0.2) is 23.9 Å². The molecule has 0 amide bonds. The first-order chi connectivity index (χ1) is 7.19. The molecule has 0 aliphatic rings. The van der Waals surface area contributed by atoms with Crippen molar-refractivity contribution < 1.29 is 19.4 Å². The Morgan fingerprint density at radius 1 is 1.40 bits per heavy atom. The number of rotatable bonds is 6. The van der Waals surface area contributed by atoms with E-state index >= 15 is 0 Å². The molecular formula is C11H18O4. The number of methoxy groups -OCH3 is 1. The van der Waals surface area contributed by atoms with Gasteiger partial charge in [0, 0.05) is 13.7 Å². The smallest absolute Gasteiger partial charge is 0.132 e. The van der Waals surface area contributed by atoms with E-state index in [0.717, 1.165) is 0 Å². The van der Waals surface area contributed by atoms with Crippen LogP contribution in [0, 0.1) is 0 Å². The molecule has 0 aromatic carbocycles. The second-order valence-corrected chi connectivity index (χ2v) is 3.50. The third-order valence-corrected chi connectivity index (χ3v) is 2.37. The lowest BCUT2D eigenvalue weighted by Crippen LogP contribution is -1.97. The fourth-order valence-corrected chi connectivity index (χ4v) is 1.31. The van der Waals surface area contributed by atoms with E-state index in [0.29, 0.717) is 24.4 Å². The zero-order valence-corrected chi connectivity index (χ0v) is 9.14. The Hall–Kier alpha value is -0.840. The van der Waals surface area contributed by atoms with Crippen LogP contribution in [0.5, 0.6) is 0 Å². The van der Waals surface area contributed by atoms with Crippen molar-refractivity contribution in [3.63, 3.8) is 0 Å². The molecule has 0 saturated heterocycles. The van der Waals surface area contributed by atoms with Gasteiger partial charge < -0.3 is 19.4 Å². The van der Waals surface area contributed by atoms with Crippen molar-refractivity contribution in [3.8, 4) is 0 Å². The standard InChI is InChI=1S/C11H18O4/c1-8(14-2)10-5-6-11(15-10)9(13)4-3-7-12/h5-6,8-9,12-13H,3-4,7H2,1-2H3/t8-,9+/m1/s1. The van der Waals surface area contributed by atoms with Gasteiger partial charge in [-0.1, -0.05) is 0 Å². The molecule has 15 heavy (non-hydrogen) atoms. The van der Waals surface area contributed by atoms with E-state index in [9.17, 15) is 5.11 Å². The van der Waals surface area contributed by atoms with E-state index in [-0.39, 0.29) is 12.7 Å². The van der Waals surface area contributed by atoms with E-state index < -0.39 is 6.10 Å². The lowest BCUT2D eigenvalue weighted by molar-refractivity contribution is 0.0866. The van der Waals surface area contributed by atoms with Crippen LogP contribution in [0.3, 0.4) is 0 Å². The Morgan fingerprint density at radius 3 is 2.67 bits per heavy atom. The highest BCUT2D eigenvalue weighted by molar-refractivity contribution is 5.11. The van der Waals surface area contributed by atoms with E-state index in [1.807, 2.05) is 6.92 Å². The summed E-state index contributed by atoms with van der Waals surface area (Å²) in [6, 6.07) is 3.54. The summed E-state index contributed by atoms with van der Waals surface area (Å²) >= 11 is 0. The Balaban J connectivity index is 2.58. The highest BCUT2D eigenvalue weighted by Gasteiger charge is 2.14. The Kier molecular flexibility index (Phi) is 4.81. The van der Waals surface area contributed by atoms with Crippen molar-refractivity contribution in [3.05, 3.63) is 23.7 Å². The highest BCUT2D eigenvalue weighted by Crippen LogP contribution is 2.25. The minimum absolute atomic E-state index is 0.0824. The maximum Gasteiger partial charge on any atom is 0.132 e. The minimum atomic E-state index is -0.644. The fourth-order valence-electron chi connectivity index (χ4n) is 1.31. The lowest BCUT2D eigenvalue weighted by Gasteiger charge is -2.08. The van der Waals surface area contributed by atoms with Crippen molar-refractivity contribution in [1.29, 1.82) is 0 Å². The first-order valence-corrected chi connectivity index (χ1v) is 5.10. The molecule has 2 atom stereocenters. The summed E-state index contributed by atoms with van der Waals surface area (Å²) in [7, 11) is 1.61. The van der Waals surface area contributed by atoms with E-state index in [4.69, 9.17) is 14.3 Å². The Morgan fingerprint density at radius 2 is 2.07 bits per heavy atom. The average Bonchev–Trinajstić information content (AvgIpc) is 2.74. The predicted octanol–water partition coefficient (Wildman–Crippen LogP) is 1.79. The molecule has 4 nitrogen and oxygen atoms in total. The molecule has 0 spiro atoms. The van der Waals surface area contributed by atoms with Crippen LogP contribution in [0.2, 0.25) is 0 Å². The first-order valence-electron chi connectivity index (χ1n) is 5.10. The third kappa shape index (κ3) is 3.34. The number of ether oxygens (including phenoxy) is 1. The lowest BCUT2D eigenvalue weighted by atomic mass is 10.1. The summed E-state index contributed by atoms with van der Waals surface area (Å²) in [6.45, 7) is 1.96. The van der Waals surface area contributed by atoms with Gasteiger partial charge in [-0.25, -0.2) is 0 Å². The van der Waals surface area contributed by atoms with Gasteiger partial charge in [0.25, 0.3) is 0 Å². The first kappa shape index (κ1) is 12.2. The SMILES string of the molecule is CO[C@H](C)c1ccc([C@@H](O)CCCO)o1. The van der Waals surface area contributed by atoms with Gasteiger partial charge in [-0.05, 0) is 31.9 Å². The molecule has 0 aliphatic carbocycles. The quantitative estimate of drug-likeness (QED) is 0.757. The van der Waals surface area contributed by atoms with Gasteiger partial charge in [-0.3, -0.25) is 0 Å². The van der Waals surface area contributed by atoms with Crippen LogP contribution in [0.1, 0.15) is 43.5 Å². The van der Waals surface area contributed by atoms with Gasteiger partial charge in [-0.2, -0.15) is 0 Å². The second kappa shape index (κ2) is 5.90. The Bertz CT molecular complexity index is 282. The topological polar surface area (TPSA) is 62.8 Å². The third-order valence-electron chi connectivity index (χ3n) is 2.37. The van der Waals surface area contributed by atoms with Crippen LogP contribution in [0.15, 0.2) is 16.5 Å². The number of aliphatic hydroxyl groups is 2. The van der Waals surface area contributed by atoms with Crippen LogP contribution in [-0.2, 0) is 4.74 Å². The monoisotopic (exact) mass is 214 g/mol. The molecular weight excluding hydrogens is 196 g/mol. The second-order valence-electron chi connectivity index (χ2n) is 3.50. The predicted molar refractivity (Wildman–Crippen MR) is 55.4 cm³/mol. The molecule has 0 unspecified atom stereocenters. The van der Waals surface area contributed by atoms with Gasteiger partial charge in [0.05, 0.1) is 0 Å². The molecule has 1 rings (SSSR count). The van der Waals surface area contributed by atoms with Crippen molar-refractivity contribution in [1.82, 2.24) is 0 Å². The van der Waals surface area contributed by atoms with Crippen LogP contribution in [0.25, 0.3) is 0 Å². The number of aliphatic hydroxyl groups excluding tert-OH is 2. The molecule has 0 saturated carbocycles. The molecule has 2 N–H and O–H groups in total. The number of furan rings is 1. The van der Waals surface area contributed by atoms with Gasteiger partial charge >= 0.3 is 0 Å². The van der Waals surface area contributed by atoms with Gasteiger partial charge in [0.15, 0.2) is 0 Å². The molecule has 0 fully saturated rings. The maximum absolute atomic E-state index is 9.67. The molecule has 0 radical (unpaired) electrons. The summed E-state index contributed by atoms with van der Waals surface area (Å²) in [4.78, 5) is 0. The van der Waals surface area contributed by atoms with Gasteiger partial charge in [-0.15, -0.1) is 0 Å². The van der Waals surface area contributed by atoms with Crippen LogP contribution in [0.4, 0.5) is 0 Å². The van der Waals surface area contributed by atoms with Crippen LogP contribution >= 0.6 is 0 Å². The molecule has 1 aromatic rings. The number of hydrogen-bond acceptors (Lipinski definition) is 4. The summed E-state index contributed by atoms with van der Waals surface area (Å²) in [5.41, 5.74) is 0. The van der Waals surface area contributed by atoms with Crippen LogP contribution < -0.4 is 0 Å². The molecule has 0 bridgehead atoms. The molecule has 86 valence electrons. The summed E-state index contributed by atoms with van der Waals surface area (Å²) < 4.78 is 10.5. The van der Waals surface area contributed by atoms with Crippen molar-refractivity contribution >= 4 is 0 Å². The van der Waals surface area contributed by atoms with Crippen molar-refractivity contribution in [2.75, 3.05) is 13.7 Å². The zero-order valence-electron chi connectivity index (χ0n) is 9.14. The normalized spacial score (nSPS) is 15.2. The number of hydrogen-bond donors (Lipinski definition) is 2. The Labute approximate surface area is 89.5 Å². The molecule has 1 heterocycles. The maximum atomic E-state index is 9.67. The highest BCUT2D eigenvalue weighted by atomic mass is 16.5. The van der Waals surface area contributed by atoms with Gasteiger partial charge in [0.2, 0.25) is 0 Å². The average molecular weight is 214 g/mol. The summed E-state index contributed by atoms with van der Waals surface area (Å²) in [6.07, 6.45) is 0.320. The van der Waals surface area contributed by atoms with E-state index in [2.05, 4.69) is 0 Å². The fraction of sp³-hybridized carbons (Fsp3) is 0.636. The largest absolute Gasteiger partial charge is 0.461 e. The van der Waals surface area contributed by atoms with Crippen molar-refractivity contribution in [2.24, 2.45) is 0 Å². The van der Waals surface area contributed by atoms with E-state index in [1.165, 1.54) is 0 Å². The van der Waals surface area contributed by atoms with Crippen molar-refractivity contribution in [2.45, 2.75) is 32.0 Å². The minimum Gasteiger partial charge on any atom is -0.461 e. The zero-order chi connectivity index (χ0) is 11.3. The van der Waals surface area contributed by atoms with Gasteiger partial charge in [0.1, 0.15) is 23.7 Å². The molecule has 0 aliphatic heterocycles. The summed E-state index contributed by atoms with van der Waals surface area (Å²) in [5.74, 6) is 1.23. The van der Waals surface area contributed by atoms with E-state index in [1.54, 1.807) is 19.2 Å². The summed E-state index contributed by atoms with van der Waals surface area (Å²) in [5, 5.41) is 18.3.